The van der Waals surface area contributed by atoms with Gasteiger partial charge in [-0.2, -0.15) is 0 Å². The second-order valence-corrected chi connectivity index (χ2v) is 20.5. The van der Waals surface area contributed by atoms with E-state index in [0.29, 0.717) is 19.3 Å². The van der Waals surface area contributed by atoms with E-state index in [9.17, 15) is 14.4 Å². The maximum absolute atomic E-state index is 12.8. The zero-order chi connectivity index (χ0) is 46.3. The van der Waals surface area contributed by atoms with E-state index in [1.54, 1.807) is 0 Å². The first-order valence-electron chi connectivity index (χ1n) is 28.2. The van der Waals surface area contributed by atoms with E-state index < -0.39 is 6.10 Å². The molecule has 0 saturated heterocycles. The highest BCUT2D eigenvalue weighted by molar-refractivity contribution is 5.71. The van der Waals surface area contributed by atoms with Crippen LogP contribution in [0.4, 0.5) is 0 Å². The van der Waals surface area contributed by atoms with E-state index in [1.807, 2.05) is 0 Å². The Bertz CT molecular complexity index is 980. The van der Waals surface area contributed by atoms with E-state index >= 15 is 0 Å². The van der Waals surface area contributed by atoms with Crippen LogP contribution in [0.5, 0.6) is 0 Å². The smallest absolute Gasteiger partial charge is 0.306 e. The molecule has 3 atom stereocenters. The van der Waals surface area contributed by atoms with Gasteiger partial charge in [-0.15, -0.1) is 0 Å². The molecule has 0 saturated carbocycles. The van der Waals surface area contributed by atoms with E-state index in [1.165, 1.54) is 193 Å². The summed E-state index contributed by atoms with van der Waals surface area (Å²) in [5.74, 6) is 1.70. The SMILES string of the molecule is CCC(C)CCCCCCCCCCCCCCCCCCCCC(=O)OC[C@@H](COC(=O)CCCCCCCCCCC(C)CC)OC(=O)CCCCCCCCCCC(C)C. The van der Waals surface area contributed by atoms with Gasteiger partial charge >= 0.3 is 17.9 Å². The van der Waals surface area contributed by atoms with Crippen molar-refractivity contribution in [2.45, 2.75) is 317 Å². The summed E-state index contributed by atoms with van der Waals surface area (Å²) >= 11 is 0. The molecule has 0 radical (unpaired) electrons. The molecule has 0 bridgehead atoms. The lowest BCUT2D eigenvalue weighted by Gasteiger charge is -2.18. The quantitative estimate of drug-likeness (QED) is 0.0344. The predicted molar refractivity (Wildman–Crippen MR) is 270 cm³/mol. The number of carbonyl (C=O) groups excluding carboxylic acids is 3. The van der Waals surface area contributed by atoms with Crippen molar-refractivity contribution in [2.75, 3.05) is 13.2 Å². The first kappa shape index (κ1) is 61.4. The average Bonchev–Trinajstić information content (AvgIpc) is 3.27. The van der Waals surface area contributed by atoms with Gasteiger partial charge in [0.2, 0.25) is 0 Å². The van der Waals surface area contributed by atoms with Gasteiger partial charge in [-0.05, 0) is 37.0 Å². The van der Waals surface area contributed by atoms with Crippen molar-refractivity contribution in [3.05, 3.63) is 0 Å². The van der Waals surface area contributed by atoms with Crippen molar-refractivity contribution in [1.82, 2.24) is 0 Å². The maximum atomic E-state index is 12.8. The fourth-order valence-electron chi connectivity index (χ4n) is 8.58. The number of unbranched alkanes of at least 4 members (excludes halogenated alkanes) is 31. The molecule has 6 nitrogen and oxygen atoms in total. The average molecular weight is 892 g/mol. The second-order valence-electron chi connectivity index (χ2n) is 20.5. The number of carbonyl (C=O) groups is 3. The normalized spacial score (nSPS) is 13.0. The molecular weight excluding hydrogens is 781 g/mol. The van der Waals surface area contributed by atoms with Crippen LogP contribution in [0.3, 0.4) is 0 Å². The fourth-order valence-corrected chi connectivity index (χ4v) is 8.58. The van der Waals surface area contributed by atoms with Crippen molar-refractivity contribution in [3.63, 3.8) is 0 Å². The summed E-state index contributed by atoms with van der Waals surface area (Å²) < 4.78 is 16.8. The van der Waals surface area contributed by atoms with Crippen molar-refractivity contribution in [2.24, 2.45) is 17.8 Å². The van der Waals surface area contributed by atoms with Crippen LogP contribution in [0.1, 0.15) is 311 Å². The Labute approximate surface area is 393 Å². The molecule has 0 N–H and O–H groups in total. The Hall–Kier alpha value is -1.59. The summed E-state index contributed by atoms with van der Waals surface area (Å²) in [6.07, 6.45) is 49.5. The van der Waals surface area contributed by atoms with Gasteiger partial charge in [0.1, 0.15) is 13.2 Å². The molecule has 0 fully saturated rings. The molecule has 0 heterocycles. The molecule has 0 amide bonds. The molecule has 2 unspecified atom stereocenters. The van der Waals surface area contributed by atoms with Gasteiger partial charge in [0, 0.05) is 19.3 Å². The van der Waals surface area contributed by atoms with Gasteiger partial charge in [0.05, 0.1) is 0 Å². The standard InChI is InChI=1S/C57H110O6/c1-7-52(5)44-38-32-26-19-17-15-13-11-9-10-12-14-16-18-20-28-34-40-46-55(58)61-49-54(63-57(60)48-42-36-30-23-21-25-31-37-43-51(3)4)50-62-56(59)47-41-35-29-24-22-27-33-39-45-53(6)8-2/h51-54H,7-50H2,1-6H3/t52?,53?,54-/m0/s1. The van der Waals surface area contributed by atoms with Crippen LogP contribution < -0.4 is 0 Å². The molecule has 6 heteroatoms. The Morgan fingerprint density at radius 3 is 0.825 bits per heavy atom. The lowest BCUT2D eigenvalue weighted by Crippen LogP contribution is -2.30. The van der Waals surface area contributed by atoms with Crippen LogP contribution >= 0.6 is 0 Å². The molecule has 0 aliphatic carbocycles. The van der Waals surface area contributed by atoms with E-state index in [0.717, 1.165) is 75.5 Å². The molecule has 0 aromatic heterocycles. The molecule has 0 aromatic rings. The molecule has 0 aliphatic rings. The third kappa shape index (κ3) is 48.2. The van der Waals surface area contributed by atoms with Gasteiger partial charge < -0.3 is 14.2 Å². The van der Waals surface area contributed by atoms with Crippen LogP contribution in [-0.2, 0) is 28.6 Å². The summed E-state index contributed by atoms with van der Waals surface area (Å²) in [6.45, 7) is 13.8. The number of ether oxygens (including phenoxy) is 3. The highest BCUT2D eigenvalue weighted by atomic mass is 16.6. The van der Waals surface area contributed by atoms with E-state index in [4.69, 9.17) is 14.2 Å². The summed E-state index contributed by atoms with van der Waals surface area (Å²) in [4.78, 5) is 38.0. The zero-order valence-electron chi connectivity index (χ0n) is 43.4. The minimum Gasteiger partial charge on any atom is -0.462 e. The Kier molecular flexibility index (Phi) is 47.1. The summed E-state index contributed by atoms with van der Waals surface area (Å²) in [7, 11) is 0. The van der Waals surface area contributed by atoms with Crippen molar-refractivity contribution < 1.29 is 28.6 Å². The monoisotopic (exact) mass is 891 g/mol. The lowest BCUT2D eigenvalue weighted by molar-refractivity contribution is -0.167. The number of esters is 3. The van der Waals surface area contributed by atoms with Crippen molar-refractivity contribution >= 4 is 17.9 Å². The molecule has 63 heavy (non-hydrogen) atoms. The van der Waals surface area contributed by atoms with Gasteiger partial charge in [-0.25, -0.2) is 0 Å². The second kappa shape index (κ2) is 48.3. The van der Waals surface area contributed by atoms with Crippen LogP contribution in [0.25, 0.3) is 0 Å². The van der Waals surface area contributed by atoms with Crippen molar-refractivity contribution in [3.8, 4) is 0 Å². The third-order valence-corrected chi connectivity index (χ3v) is 13.6. The van der Waals surface area contributed by atoms with Crippen LogP contribution in [0.2, 0.25) is 0 Å². The number of rotatable bonds is 50. The summed E-state index contributed by atoms with van der Waals surface area (Å²) in [6, 6.07) is 0. The van der Waals surface area contributed by atoms with E-state index in [2.05, 4.69) is 41.5 Å². The third-order valence-electron chi connectivity index (χ3n) is 13.6. The summed E-state index contributed by atoms with van der Waals surface area (Å²) in [5.41, 5.74) is 0. The highest BCUT2D eigenvalue weighted by Crippen LogP contribution is 2.19. The van der Waals surface area contributed by atoms with Crippen LogP contribution in [-0.4, -0.2) is 37.2 Å². The topological polar surface area (TPSA) is 78.9 Å². The highest BCUT2D eigenvalue weighted by Gasteiger charge is 2.19. The Morgan fingerprint density at radius 2 is 0.556 bits per heavy atom. The molecular formula is C57H110O6. The fraction of sp³-hybridized carbons (Fsp3) is 0.947. The van der Waals surface area contributed by atoms with Crippen molar-refractivity contribution in [1.29, 1.82) is 0 Å². The zero-order valence-corrected chi connectivity index (χ0v) is 43.4. The first-order valence-corrected chi connectivity index (χ1v) is 28.2. The molecule has 374 valence electrons. The molecule has 0 aromatic carbocycles. The molecule has 0 spiro atoms. The largest absolute Gasteiger partial charge is 0.462 e. The summed E-state index contributed by atoms with van der Waals surface area (Å²) in [5, 5.41) is 0. The lowest BCUT2D eigenvalue weighted by atomic mass is 9.99. The first-order chi connectivity index (χ1) is 30.7. The number of hydrogen-bond acceptors (Lipinski definition) is 6. The number of hydrogen-bond donors (Lipinski definition) is 0. The van der Waals surface area contributed by atoms with Gasteiger partial charge in [-0.3, -0.25) is 14.4 Å². The Balaban J connectivity index is 4.20. The van der Waals surface area contributed by atoms with Gasteiger partial charge in [0.15, 0.2) is 6.10 Å². The molecule has 0 aliphatic heterocycles. The van der Waals surface area contributed by atoms with Crippen LogP contribution in [0, 0.1) is 17.8 Å². The van der Waals surface area contributed by atoms with Gasteiger partial charge in [-0.1, -0.05) is 273 Å². The minimum atomic E-state index is -0.763. The van der Waals surface area contributed by atoms with E-state index in [-0.39, 0.29) is 31.1 Å². The molecule has 0 rings (SSSR count). The van der Waals surface area contributed by atoms with Gasteiger partial charge in [0.25, 0.3) is 0 Å². The maximum Gasteiger partial charge on any atom is 0.306 e. The van der Waals surface area contributed by atoms with Crippen LogP contribution in [0.15, 0.2) is 0 Å². The Morgan fingerprint density at radius 1 is 0.317 bits per heavy atom. The predicted octanol–water partition coefficient (Wildman–Crippen LogP) is 18.3. The minimum absolute atomic E-state index is 0.0647.